The highest BCUT2D eigenvalue weighted by atomic mass is 16.2. The molecule has 1 aromatic rings. The number of fused-ring (bicyclic) bond motifs is 1. The Morgan fingerprint density at radius 1 is 1.05 bits per heavy atom. The van der Waals surface area contributed by atoms with Crippen LogP contribution in [0.4, 0.5) is 0 Å². The molecule has 3 rings (SSSR count). The maximum absolute atomic E-state index is 8.96. The Balaban J connectivity index is 1.73. The van der Waals surface area contributed by atoms with E-state index in [-0.39, 0.29) is 0 Å². The van der Waals surface area contributed by atoms with Crippen molar-refractivity contribution in [2.75, 3.05) is 19.7 Å². The van der Waals surface area contributed by atoms with Crippen molar-refractivity contribution in [3.8, 4) is 0 Å². The summed E-state index contributed by atoms with van der Waals surface area (Å²) in [6.07, 6.45) is 9.37. The quantitative estimate of drug-likeness (QED) is 0.836. The van der Waals surface area contributed by atoms with Crippen LogP contribution in [0.2, 0.25) is 0 Å². The third-order valence-corrected chi connectivity index (χ3v) is 4.65. The van der Waals surface area contributed by atoms with Crippen LogP contribution in [0.3, 0.4) is 0 Å². The van der Waals surface area contributed by atoms with Gasteiger partial charge in [0.05, 0.1) is 6.04 Å². The minimum atomic E-state index is 0.304. The Morgan fingerprint density at radius 2 is 1.95 bits per heavy atom. The minimum absolute atomic E-state index is 0.304. The molecule has 1 atom stereocenters. The van der Waals surface area contributed by atoms with Crippen LogP contribution in [0.15, 0.2) is 0 Å². The highest BCUT2D eigenvalue weighted by Crippen LogP contribution is 2.31. The van der Waals surface area contributed by atoms with Gasteiger partial charge in [-0.3, -0.25) is 4.90 Å². The van der Waals surface area contributed by atoms with Gasteiger partial charge in [0.15, 0.2) is 0 Å². The first kappa shape index (κ1) is 14.0. The molecule has 112 valence electrons. The molecule has 20 heavy (non-hydrogen) atoms. The van der Waals surface area contributed by atoms with Gasteiger partial charge in [0.25, 0.3) is 0 Å². The molecular weight excluding hydrogens is 252 g/mol. The summed E-state index contributed by atoms with van der Waals surface area (Å²) < 4.78 is 2.37. The predicted octanol–water partition coefficient (Wildman–Crippen LogP) is 1.91. The lowest BCUT2D eigenvalue weighted by molar-refractivity contribution is 0.132. The molecule has 0 bridgehead atoms. The highest BCUT2D eigenvalue weighted by Gasteiger charge is 2.29. The maximum atomic E-state index is 8.96. The average Bonchev–Trinajstić information content (AvgIpc) is 2.92. The van der Waals surface area contributed by atoms with Crippen LogP contribution < -0.4 is 0 Å². The van der Waals surface area contributed by atoms with Crippen LogP contribution in [0, 0.1) is 0 Å². The summed E-state index contributed by atoms with van der Waals surface area (Å²) in [5, 5.41) is 17.9. The Labute approximate surface area is 121 Å². The van der Waals surface area contributed by atoms with E-state index >= 15 is 0 Å². The Hall–Kier alpha value is -0.940. The Bertz CT molecular complexity index is 432. The highest BCUT2D eigenvalue weighted by molar-refractivity contribution is 5.05. The summed E-state index contributed by atoms with van der Waals surface area (Å²) in [5.74, 6) is 2.38. The van der Waals surface area contributed by atoms with E-state index in [9.17, 15) is 0 Å². The first-order valence-corrected chi connectivity index (χ1v) is 8.17. The topological polar surface area (TPSA) is 54.2 Å². The fourth-order valence-electron chi connectivity index (χ4n) is 3.55. The molecule has 1 fully saturated rings. The molecule has 0 aliphatic carbocycles. The molecule has 0 spiro atoms. The SMILES string of the molecule is OCCCCN1CCCCC1c1nnc2n1CCCC2. The molecule has 1 unspecified atom stereocenters. The lowest BCUT2D eigenvalue weighted by Gasteiger charge is -2.35. The molecule has 1 saturated heterocycles. The second kappa shape index (κ2) is 6.68. The molecule has 0 radical (unpaired) electrons. The largest absolute Gasteiger partial charge is 0.396 e. The van der Waals surface area contributed by atoms with Gasteiger partial charge < -0.3 is 9.67 Å². The van der Waals surface area contributed by atoms with E-state index in [4.69, 9.17) is 5.11 Å². The molecule has 2 aliphatic heterocycles. The van der Waals surface area contributed by atoms with Gasteiger partial charge in [-0.2, -0.15) is 0 Å². The summed E-state index contributed by atoms with van der Waals surface area (Å²) in [7, 11) is 0. The lowest BCUT2D eigenvalue weighted by Crippen LogP contribution is -2.36. The molecule has 0 aromatic carbocycles. The fourth-order valence-corrected chi connectivity index (χ4v) is 3.55. The summed E-state index contributed by atoms with van der Waals surface area (Å²) in [5.41, 5.74) is 0. The maximum Gasteiger partial charge on any atom is 0.150 e. The van der Waals surface area contributed by atoms with E-state index in [2.05, 4.69) is 19.7 Å². The number of aromatic nitrogens is 3. The van der Waals surface area contributed by atoms with Crippen LogP contribution in [0.25, 0.3) is 0 Å². The first-order chi connectivity index (χ1) is 9.90. The average molecular weight is 278 g/mol. The van der Waals surface area contributed by atoms with Crippen molar-refractivity contribution in [2.45, 2.75) is 64.0 Å². The number of aliphatic hydroxyl groups excluding tert-OH is 1. The number of piperidine rings is 1. The third kappa shape index (κ3) is 2.88. The standard InChI is InChI=1S/C15H26N4O/c20-12-6-5-10-18-9-3-1-7-13(18)15-17-16-14-8-2-4-11-19(14)15/h13,20H,1-12H2. The number of hydrogen-bond donors (Lipinski definition) is 1. The van der Waals surface area contributed by atoms with Gasteiger partial charge >= 0.3 is 0 Å². The van der Waals surface area contributed by atoms with Crippen LogP contribution in [-0.2, 0) is 13.0 Å². The molecule has 5 heteroatoms. The molecule has 1 N–H and O–H groups in total. The van der Waals surface area contributed by atoms with Gasteiger partial charge in [-0.05, 0) is 51.6 Å². The molecule has 1 aromatic heterocycles. The second-order valence-corrected chi connectivity index (χ2v) is 6.06. The molecule has 3 heterocycles. The smallest absolute Gasteiger partial charge is 0.150 e. The number of hydrogen-bond acceptors (Lipinski definition) is 4. The van der Waals surface area contributed by atoms with Crippen molar-refractivity contribution < 1.29 is 5.11 Å². The van der Waals surface area contributed by atoms with Crippen LogP contribution in [-0.4, -0.2) is 44.5 Å². The van der Waals surface area contributed by atoms with Crippen molar-refractivity contribution >= 4 is 0 Å². The summed E-state index contributed by atoms with van der Waals surface area (Å²) in [4.78, 5) is 2.56. The van der Waals surface area contributed by atoms with Crippen molar-refractivity contribution in [1.82, 2.24) is 19.7 Å². The molecular formula is C15H26N4O. The monoisotopic (exact) mass is 278 g/mol. The number of unbranched alkanes of at least 4 members (excludes halogenated alkanes) is 1. The fraction of sp³-hybridized carbons (Fsp3) is 0.867. The molecule has 0 saturated carbocycles. The van der Waals surface area contributed by atoms with Crippen molar-refractivity contribution in [2.24, 2.45) is 0 Å². The van der Waals surface area contributed by atoms with Gasteiger partial charge in [0.2, 0.25) is 0 Å². The van der Waals surface area contributed by atoms with Crippen molar-refractivity contribution in [3.63, 3.8) is 0 Å². The van der Waals surface area contributed by atoms with Gasteiger partial charge in [0.1, 0.15) is 11.6 Å². The molecule has 2 aliphatic rings. The Morgan fingerprint density at radius 3 is 2.85 bits per heavy atom. The van der Waals surface area contributed by atoms with Crippen molar-refractivity contribution in [1.29, 1.82) is 0 Å². The van der Waals surface area contributed by atoms with Crippen LogP contribution >= 0.6 is 0 Å². The van der Waals surface area contributed by atoms with E-state index < -0.39 is 0 Å². The van der Waals surface area contributed by atoms with E-state index in [1.54, 1.807) is 0 Å². The number of likely N-dealkylation sites (tertiary alicyclic amines) is 1. The lowest BCUT2D eigenvalue weighted by atomic mass is 10.0. The number of nitrogens with zero attached hydrogens (tertiary/aromatic N) is 4. The van der Waals surface area contributed by atoms with E-state index in [0.29, 0.717) is 12.6 Å². The van der Waals surface area contributed by atoms with Gasteiger partial charge in [-0.1, -0.05) is 6.42 Å². The van der Waals surface area contributed by atoms with Gasteiger partial charge in [-0.15, -0.1) is 10.2 Å². The van der Waals surface area contributed by atoms with E-state index in [1.165, 1.54) is 43.8 Å². The zero-order valence-electron chi connectivity index (χ0n) is 12.3. The van der Waals surface area contributed by atoms with Gasteiger partial charge in [-0.25, -0.2) is 0 Å². The zero-order valence-corrected chi connectivity index (χ0v) is 12.3. The van der Waals surface area contributed by atoms with Crippen LogP contribution in [0.1, 0.15) is 62.6 Å². The number of aliphatic hydroxyl groups is 1. The number of aryl methyl sites for hydroxylation is 1. The van der Waals surface area contributed by atoms with E-state index in [1.807, 2.05) is 0 Å². The minimum Gasteiger partial charge on any atom is -0.396 e. The molecule has 0 amide bonds. The van der Waals surface area contributed by atoms with E-state index in [0.717, 1.165) is 38.9 Å². The predicted molar refractivity (Wildman–Crippen MR) is 77.4 cm³/mol. The zero-order chi connectivity index (χ0) is 13.8. The van der Waals surface area contributed by atoms with Crippen LogP contribution in [0.5, 0.6) is 0 Å². The normalized spacial score (nSPS) is 23.8. The number of rotatable bonds is 5. The van der Waals surface area contributed by atoms with Crippen molar-refractivity contribution in [3.05, 3.63) is 11.6 Å². The molecule has 5 nitrogen and oxygen atoms in total. The van der Waals surface area contributed by atoms with Gasteiger partial charge in [0, 0.05) is 19.6 Å². The summed E-state index contributed by atoms with van der Waals surface area (Å²) in [6.45, 7) is 3.64. The summed E-state index contributed by atoms with van der Waals surface area (Å²) in [6, 6.07) is 0.446. The Kier molecular flexibility index (Phi) is 4.68. The third-order valence-electron chi connectivity index (χ3n) is 4.65. The summed E-state index contributed by atoms with van der Waals surface area (Å²) >= 11 is 0. The first-order valence-electron chi connectivity index (χ1n) is 8.17. The second-order valence-electron chi connectivity index (χ2n) is 6.06.